The zero-order chi connectivity index (χ0) is 15.7. The Morgan fingerprint density at radius 1 is 1.29 bits per heavy atom. The summed E-state index contributed by atoms with van der Waals surface area (Å²) in [6.45, 7) is 0.444. The van der Waals surface area contributed by atoms with Crippen molar-refractivity contribution < 1.29 is 23.8 Å². The second kappa shape index (κ2) is 9.20. The average molecular weight is 316 g/mol. The smallest absolute Gasteiger partial charge is 0.310 e. The molecule has 0 heterocycles. The first-order valence-corrected chi connectivity index (χ1v) is 6.68. The molecule has 1 amide bonds. The van der Waals surface area contributed by atoms with Gasteiger partial charge >= 0.3 is 5.97 Å². The summed E-state index contributed by atoms with van der Waals surface area (Å²) in [4.78, 5) is 23.1. The zero-order valence-electron chi connectivity index (χ0n) is 12.0. The van der Waals surface area contributed by atoms with Crippen LogP contribution in [0.25, 0.3) is 0 Å². The van der Waals surface area contributed by atoms with Gasteiger partial charge in [-0.25, -0.2) is 0 Å². The van der Waals surface area contributed by atoms with Crippen LogP contribution in [-0.4, -0.2) is 45.9 Å². The molecule has 1 rings (SSSR count). The van der Waals surface area contributed by atoms with Crippen LogP contribution < -0.4 is 10.1 Å². The summed E-state index contributed by atoms with van der Waals surface area (Å²) >= 11 is 5.87. The van der Waals surface area contributed by atoms with Gasteiger partial charge in [-0.15, -0.1) is 0 Å². The summed E-state index contributed by atoms with van der Waals surface area (Å²) < 4.78 is 14.8. The number of hydrogen-bond acceptors (Lipinski definition) is 5. The highest BCUT2D eigenvalue weighted by atomic mass is 35.5. The maximum atomic E-state index is 11.7. The van der Waals surface area contributed by atoms with Crippen molar-refractivity contribution in [2.75, 3.05) is 34.0 Å². The Hall–Kier alpha value is -1.79. The summed E-state index contributed by atoms with van der Waals surface area (Å²) in [5.74, 6) is -0.364. The Morgan fingerprint density at radius 3 is 2.71 bits per heavy atom. The molecule has 0 aliphatic heterocycles. The Morgan fingerprint density at radius 2 is 2.05 bits per heavy atom. The molecule has 0 fully saturated rings. The monoisotopic (exact) mass is 315 g/mol. The van der Waals surface area contributed by atoms with E-state index in [1.54, 1.807) is 18.2 Å². The number of hydrogen-bond donors (Lipinski definition) is 1. The van der Waals surface area contributed by atoms with Crippen LogP contribution in [0.2, 0.25) is 5.02 Å². The molecule has 0 saturated heterocycles. The quantitative estimate of drug-likeness (QED) is 0.576. The molecule has 0 aliphatic rings. The summed E-state index contributed by atoms with van der Waals surface area (Å²) in [6, 6.07) is 4.96. The van der Waals surface area contributed by atoms with E-state index >= 15 is 0 Å². The van der Waals surface area contributed by atoms with Crippen molar-refractivity contribution in [1.82, 2.24) is 5.32 Å². The fraction of sp³-hybridized carbons (Fsp3) is 0.429. The van der Waals surface area contributed by atoms with Crippen LogP contribution in [0.1, 0.15) is 5.56 Å². The molecule has 0 bridgehead atoms. The molecular weight excluding hydrogens is 298 g/mol. The molecule has 0 aromatic heterocycles. The fourth-order valence-corrected chi connectivity index (χ4v) is 1.78. The standard InChI is InChI=1S/C14H18ClNO5/c1-19-6-5-16-13(17)9-21-14(18)8-10-7-11(15)3-4-12(10)20-2/h3-4,7H,5-6,8-9H2,1-2H3,(H,16,17). The number of esters is 1. The van der Waals surface area contributed by atoms with Crippen molar-refractivity contribution in [3.63, 3.8) is 0 Å². The molecule has 0 atom stereocenters. The molecular formula is C14H18ClNO5. The number of amides is 1. The lowest BCUT2D eigenvalue weighted by Gasteiger charge is -2.09. The summed E-state index contributed by atoms with van der Waals surface area (Å²) in [5, 5.41) is 3.04. The van der Waals surface area contributed by atoms with Crippen LogP contribution in [0, 0.1) is 0 Å². The normalized spacial score (nSPS) is 10.0. The van der Waals surface area contributed by atoms with Crippen LogP contribution in [0.4, 0.5) is 0 Å². The van der Waals surface area contributed by atoms with Crippen LogP contribution in [-0.2, 0) is 25.5 Å². The third-order valence-electron chi connectivity index (χ3n) is 2.57. The first-order valence-electron chi connectivity index (χ1n) is 6.30. The molecule has 1 aromatic rings. The van der Waals surface area contributed by atoms with Gasteiger partial charge < -0.3 is 19.5 Å². The molecule has 0 radical (unpaired) electrons. The third-order valence-corrected chi connectivity index (χ3v) is 2.80. The minimum atomic E-state index is -0.530. The summed E-state index contributed by atoms with van der Waals surface area (Å²) in [5.41, 5.74) is 0.606. The highest BCUT2D eigenvalue weighted by molar-refractivity contribution is 6.30. The molecule has 7 heteroatoms. The van der Waals surface area contributed by atoms with Crippen LogP contribution >= 0.6 is 11.6 Å². The van der Waals surface area contributed by atoms with Crippen molar-refractivity contribution >= 4 is 23.5 Å². The molecule has 21 heavy (non-hydrogen) atoms. The van der Waals surface area contributed by atoms with E-state index in [0.717, 1.165) is 0 Å². The lowest BCUT2D eigenvalue weighted by Crippen LogP contribution is -2.31. The second-order valence-corrected chi connectivity index (χ2v) is 4.57. The Labute approximate surface area is 128 Å². The number of methoxy groups -OCH3 is 2. The Bertz CT molecular complexity index is 492. The lowest BCUT2D eigenvalue weighted by atomic mass is 10.1. The van der Waals surface area contributed by atoms with Crippen molar-refractivity contribution in [1.29, 1.82) is 0 Å². The minimum absolute atomic E-state index is 0.0188. The predicted molar refractivity (Wildman–Crippen MR) is 77.6 cm³/mol. The Kier molecular flexibility index (Phi) is 7.56. The number of nitrogens with one attached hydrogen (secondary N) is 1. The number of ether oxygens (including phenoxy) is 3. The largest absolute Gasteiger partial charge is 0.496 e. The van der Waals surface area contributed by atoms with Gasteiger partial charge in [0.25, 0.3) is 5.91 Å². The van der Waals surface area contributed by atoms with E-state index in [-0.39, 0.29) is 18.9 Å². The van der Waals surface area contributed by atoms with Crippen molar-refractivity contribution in [3.05, 3.63) is 28.8 Å². The van der Waals surface area contributed by atoms with Gasteiger partial charge in [0.15, 0.2) is 6.61 Å². The number of rotatable bonds is 8. The van der Waals surface area contributed by atoms with E-state index in [4.69, 9.17) is 25.8 Å². The number of halogens is 1. The van der Waals surface area contributed by atoms with E-state index in [1.165, 1.54) is 14.2 Å². The first kappa shape index (κ1) is 17.3. The van der Waals surface area contributed by atoms with Crippen LogP contribution in [0.3, 0.4) is 0 Å². The van der Waals surface area contributed by atoms with E-state index < -0.39 is 5.97 Å². The minimum Gasteiger partial charge on any atom is -0.496 e. The van der Waals surface area contributed by atoms with Gasteiger partial charge in [0, 0.05) is 24.2 Å². The van der Waals surface area contributed by atoms with E-state index in [1.807, 2.05) is 0 Å². The van der Waals surface area contributed by atoms with Gasteiger partial charge in [-0.2, -0.15) is 0 Å². The maximum Gasteiger partial charge on any atom is 0.310 e. The molecule has 116 valence electrons. The van der Waals surface area contributed by atoms with Gasteiger partial charge in [-0.1, -0.05) is 11.6 Å². The topological polar surface area (TPSA) is 73.9 Å². The van der Waals surface area contributed by atoms with Gasteiger partial charge in [-0.05, 0) is 18.2 Å². The van der Waals surface area contributed by atoms with Crippen LogP contribution in [0.15, 0.2) is 18.2 Å². The number of carbonyl (C=O) groups excluding carboxylic acids is 2. The molecule has 0 saturated carbocycles. The maximum absolute atomic E-state index is 11.7. The number of carbonyl (C=O) groups is 2. The second-order valence-electron chi connectivity index (χ2n) is 4.14. The molecule has 6 nitrogen and oxygen atoms in total. The van der Waals surface area contributed by atoms with Crippen molar-refractivity contribution in [2.24, 2.45) is 0 Å². The summed E-state index contributed by atoms with van der Waals surface area (Å²) in [6.07, 6.45) is -0.0188. The van der Waals surface area contributed by atoms with Crippen molar-refractivity contribution in [3.8, 4) is 5.75 Å². The van der Waals surface area contributed by atoms with Crippen LogP contribution in [0.5, 0.6) is 5.75 Å². The highest BCUT2D eigenvalue weighted by Gasteiger charge is 2.12. The fourth-order valence-electron chi connectivity index (χ4n) is 1.58. The molecule has 0 spiro atoms. The average Bonchev–Trinajstić information content (AvgIpc) is 2.46. The van der Waals surface area contributed by atoms with E-state index in [2.05, 4.69) is 5.32 Å². The first-order chi connectivity index (χ1) is 10.1. The number of benzene rings is 1. The van der Waals surface area contributed by atoms with Gasteiger partial charge in [0.05, 0.1) is 20.1 Å². The van der Waals surface area contributed by atoms with Gasteiger partial charge in [0.1, 0.15) is 5.75 Å². The van der Waals surface area contributed by atoms with Gasteiger partial charge in [-0.3, -0.25) is 9.59 Å². The molecule has 1 N–H and O–H groups in total. The van der Waals surface area contributed by atoms with Gasteiger partial charge in [0.2, 0.25) is 0 Å². The highest BCUT2D eigenvalue weighted by Crippen LogP contribution is 2.23. The molecule has 0 aliphatic carbocycles. The zero-order valence-corrected chi connectivity index (χ0v) is 12.7. The third kappa shape index (κ3) is 6.46. The molecule has 1 aromatic carbocycles. The SMILES string of the molecule is COCCNC(=O)COC(=O)Cc1cc(Cl)ccc1OC. The Balaban J connectivity index is 2.43. The van der Waals surface area contributed by atoms with E-state index in [0.29, 0.717) is 29.5 Å². The lowest BCUT2D eigenvalue weighted by molar-refractivity contribution is -0.147. The van der Waals surface area contributed by atoms with Crippen molar-refractivity contribution in [2.45, 2.75) is 6.42 Å². The van der Waals surface area contributed by atoms with E-state index in [9.17, 15) is 9.59 Å². The molecule has 0 unspecified atom stereocenters. The predicted octanol–water partition coefficient (Wildman–Crippen LogP) is 1.20. The summed E-state index contributed by atoms with van der Waals surface area (Å²) in [7, 11) is 3.03.